The Balaban J connectivity index is -0.0000000800. The summed E-state index contributed by atoms with van der Waals surface area (Å²) in [6.07, 6.45) is 0. The molecule has 0 aromatic carbocycles. The van der Waals surface area contributed by atoms with E-state index >= 15 is 0 Å². The zero-order chi connectivity index (χ0) is 4.50. The molecule has 40 valence electrons. The summed E-state index contributed by atoms with van der Waals surface area (Å²) in [5.74, 6) is 0. The summed E-state index contributed by atoms with van der Waals surface area (Å²) in [6, 6.07) is 0. The molecule has 1 atom stereocenters. The van der Waals surface area contributed by atoms with Crippen molar-refractivity contribution < 1.29 is 47.1 Å². The molecule has 0 aliphatic heterocycles. The molecule has 0 rings (SSSR count). The van der Waals surface area contributed by atoms with Gasteiger partial charge in [-0.2, -0.15) is 9.90 Å². The van der Waals surface area contributed by atoms with Gasteiger partial charge in [0, 0.05) is 0 Å². The van der Waals surface area contributed by atoms with Gasteiger partial charge in [0.2, 0.25) is 10.4 Å². The van der Waals surface area contributed by atoms with Gasteiger partial charge in [0.15, 0.2) is 0 Å². The number of hydrogen-bond acceptors (Lipinski definition) is 3. The van der Waals surface area contributed by atoms with Crippen molar-refractivity contribution in [1.29, 1.82) is 0 Å². The molecule has 0 bridgehead atoms. The summed E-state index contributed by atoms with van der Waals surface area (Å²) in [6.45, 7) is 0. The molecule has 0 aromatic heterocycles. The van der Waals surface area contributed by atoms with Crippen LogP contribution in [0.2, 0.25) is 0 Å². The summed E-state index contributed by atoms with van der Waals surface area (Å²) >= 11 is 0. The van der Waals surface area contributed by atoms with E-state index in [2.05, 4.69) is 0 Å². The molecular formula is H4NaO4PS. The fourth-order valence-electron chi connectivity index (χ4n) is 0. The van der Waals surface area contributed by atoms with Crippen molar-refractivity contribution in [3.05, 3.63) is 0 Å². The van der Waals surface area contributed by atoms with E-state index in [9.17, 15) is 0 Å². The second-order valence-electron chi connectivity index (χ2n) is 0.428. The Labute approximate surface area is 67.2 Å². The molecule has 0 aliphatic carbocycles. The first-order valence-electron chi connectivity index (χ1n) is 0.683. The van der Waals surface area contributed by atoms with Crippen LogP contribution in [0.15, 0.2) is 0 Å². The first-order valence-corrected chi connectivity index (χ1v) is 2.05. The largest absolute Gasteiger partial charge is 1.00 e. The summed E-state index contributed by atoms with van der Waals surface area (Å²) in [5, 5.41) is 0. The molecular weight excluding hydrogens is 150 g/mol. The van der Waals surface area contributed by atoms with Gasteiger partial charge in [-0.3, -0.25) is 4.55 Å². The van der Waals surface area contributed by atoms with Crippen molar-refractivity contribution in [3.63, 3.8) is 0 Å². The van der Waals surface area contributed by atoms with E-state index in [1.165, 1.54) is 0 Å². The molecule has 0 heterocycles. The van der Waals surface area contributed by atoms with Gasteiger partial charge in [-0.25, -0.2) is 8.42 Å². The Morgan fingerprint density at radius 3 is 1.43 bits per heavy atom. The maximum Gasteiger partial charge on any atom is 1.00 e. The van der Waals surface area contributed by atoms with Crippen LogP contribution in [0.4, 0.5) is 0 Å². The minimum Gasteiger partial charge on any atom is -0.726 e. The van der Waals surface area contributed by atoms with Crippen LogP contribution in [0.25, 0.3) is 0 Å². The van der Waals surface area contributed by atoms with E-state index in [1.54, 1.807) is 0 Å². The van der Waals surface area contributed by atoms with Crippen LogP contribution in [-0.2, 0) is 10.4 Å². The topological polar surface area (TPSA) is 77.4 Å². The fourth-order valence-corrected chi connectivity index (χ4v) is 0. The average Bonchev–Trinajstić information content (AvgIpc) is 0.722. The third-order valence-electron chi connectivity index (χ3n) is 0. The molecule has 7 heteroatoms. The van der Waals surface area contributed by atoms with E-state index in [0.29, 0.717) is 0 Å². The number of hydrogen-bond donors (Lipinski definition) is 1. The Morgan fingerprint density at radius 2 is 1.43 bits per heavy atom. The second-order valence-corrected chi connectivity index (χ2v) is 1.28. The van der Waals surface area contributed by atoms with E-state index in [1.807, 2.05) is 0 Å². The minimum atomic E-state index is -4.92. The predicted octanol–water partition coefficient (Wildman–Crippen LogP) is -3.93. The normalized spacial score (nSPS) is 8.29. The molecule has 0 fully saturated rings. The van der Waals surface area contributed by atoms with Crippen molar-refractivity contribution in [1.82, 2.24) is 0 Å². The Bertz CT molecular complexity index is 94.9. The first kappa shape index (κ1) is 15.7. The monoisotopic (exact) mass is 154 g/mol. The molecule has 0 saturated carbocycles. The summed E-state index contributed by atoms with van der Waals surface area (Å²) in [7, 11) is -4.92. The van der Waals surface area contributed by atoms with E-state index in [0.717, 1.165) is 0 Å². The zero-order valence-electron chi connectivity index (χ0n) is 3.79. The van der Waals surface area contributed by atoms with Gasteiger partial charge in [-0.15, -0.1) is 0 Å². The van der Waals surface area contributed by atoms with Gasteiger partial charge in [0.25, 0.3) is 0 Å². The third kappa shape index (κ3) is 121. The first-order chi connectivity index (χ1) is 2.00. The quantitative estimate of drug-likeness (QED) is 0.167. The molecule has 0 aliphatic rings. The van der Waals surface area contributed by atoms with Crippen molar-refractivity contribution in [2.45, 2.75) is 0 Å². The van der Waals surface area contributed by atoms with Crippen LogP contribution >= 0.6 is 9.90 Å². The summed E-state index contributed by atoms with van der Waals surface area (Å²) in [4.78, 5) is 0. The van der Waals surface area contributed by atoms with E-state index in [4.69, 9.17) is 17.5 Å². The van der Waals surface area contributed by atoms with E-state index < -0.39 is 10.4 Å². The van der Waals surface area contributed by atoms with Gasteiger partial charge < -0.3 is 4.55 Å². The SMILES string of the molecule is O=S(=O)([O-])O.P.[Na+]. The standard InChI is InChI=1S/Na.H2O4S.H3P/c;1-5(2,3)4;/h;(H2,1,2,3,4);1H3/q+1;;/p-1. The van der Waals surface area contributed by atoms with Gasteiger partial charge in [0.1, 0.15) is 0 Å². The number of rotatable bonds is 0. The maximum absolute atomic E-state index is 8.63. The third-order valence-corrected chi connectivity index (χ3v) is 0. The van der Waals surface area contributed by atoms with Crippen LogP contribution < -0.4 is 29.6 Å². The van der Waals surface area contributed by atoms with Crippen molar-refractivity contribution >= 4 is 20.3 Å². The molecule has 7 heavy (non-hydrogen) atoms. The van der Waals surface area contributed by atoms with Crippen LogP contribution in [0.3, 0.4) is 0 Å². The van der Waals surface area contributed by atoms with Crippen LogP contribution in [-0.4, -0.2) is 17.5 Å². The smallest absolute Gasteiger partial charge is 0.726 e. The van der Waals surface area contributed by atoms with Crippen molar-refractivity contribution in [2.75, 3.05) is 0 Å². The average molecular weight is 154 g/mol. The Kier molecular flexibility index (Phi) is 12.2. The van der Waals surface area contributed by atoms with Gasteiger partial charge in [-0.1, -0.05) is 0 Å². The van der Waals surface area contributed by atoms with Gasteiger partial charge >= 0.3 is 29.6 Å². The van der Waals surface area contributed by atoms with E-state index in [-0.39, 0.29) is 39.5 Å². The maximum atomic E-state index is 8.63. The molecule has 1 N–H and O–H groups in total. The molecule has 0 radical (unpaired) electrons. The molecule has 0 aromatic rings. The van der Waals surface area contributed by atoms with Crippen molar-refractivity contribution in [3.8, 4) is 0 Å². The van der Waals surface area contributed by atoms with Crippen LogP contribution in [0.1, 0.15) is 0 Å². The summed E-state index contributed by atoms with van der Waals surface area (Å²) in [5.41, 5.74) is 0. The minimum absolute atomic E-state index is 0. The molecule has 0 saturated heterocycles. The Morgan fingerprint density at radius 1 is 1.43 bits per heavy atom. The molecule has 0 spiro atoms. The Hall–Kier alpha value is 1.30. The predicted molar refractivity (Wildman–Crippen MR) is 23.4 cm³/mol. The molecule has 1 unspecified atom stereocenters. The summed E-state index contributed by atoms with van der Waals surface area (Å²) < 4.78 is 32.8. The molecule has 4 nitrogen and oxygen atoms in total. The van der Waals surface area contributed by atoms with Gasteiger partial charge in [0.05, 0.1) is 0 Å². The van der Waals surface area contributed by atoms with Crippen LogP contribution in [0.5, 0.6) is 0 Å². The zero-order valence-corrected chi connectivity index (χ0v) is 8.02. The van der Waals surface area contributed by atoms with Gasteiger partial charge in [-0.05, 0) is 0 Å². The van der Waals surface area contributed by atoms with Crippen molar-refractivity contribution in [2.24, 2.45) is 0 Å². The second kappa shape index (κ2) is 5.44. The fraction of sp³-hybridized carbons (Fsp3) is 0. The van der Waals surface area contributed by atoms with Crippen LogP contribution in [0, 0.1) is 0 Å². The molecule has 0 amide bonds.